The number of halogens is 2. The molecule has 1 fully saturated rings. The number of anilines is 1. The normalized spacial score (nSPS) is 14.5. The summed E-state index contributed by atoms with van der Waals surface area (Å²) in [5.41, 5.74) is 0.544. The largest absolute Gasteiger partial charge is 0.348 e. The average Bonchev–Trinajstić information content (AvgIpc) is 3.45. The lowest BCUT2D eigenvalue weighted by Crippen LogP contribution is -2.27. The lowest BCUT2D eigenvalue weighted by molar-refractivity contribution is 0.548. The standard InChI is InChI=1S/C19H17F2N3O2S/c1-27(25,26)13-7-8-18-14(9-13)19(23-11-22-18)24(12-5-6-12)10-15-16(20)3-2-4-17(15)21/h2-4,7-9,11-12H,5-6,10H2,1H3. The van der Waals surface area contributed by atoms with Crippen LogP contribution >= 0.6 is 0 Å². The fraction of sp³-hybridized carbons (Fsp3) is 0.263. The van der Waals surface area contributed by atoms with E-state index in [1.165, 1.54) is 36.7 Å². The summed E-state index contributed by atoms with van der Waals surface area (Å²) >= 11 is 0. The summed E-state index contributed by atoms with van der Waals surface area (Å²) in [6.45, 7) is 0.0123. The van der Waals surface area contributed by atoms with Gasteiger partial charge in [0.25, 0.3) is 0 Å². The van der Waals surface area contributed by atoms with Gasteiger partial charge in [0, 0.05) is 23.2 Å². The van der Waals surface area contributed by atoms with Crippen molar-refractivity contribution >= 4 is 26.6 Å². The fourth-order valence-electron chi connectivity index (χ4n) is 3.10. The second-order valence-corrected chi connectivity index (χ2v) is 8.72. The molecule has 0 amide bonds. The fourth-order valence-corrected chi connectivity index (χ4v) is 3.75. The van der Waals surface area contributed by atoms with Crippen molar-refractivity contribution in [1.29, 1.82) is 0 Å². The highest BCUT2D eigenvalue weighted by atomic mass is 32.2. The molecule has 1 heterocycles. The van der Waals surface area contributed by atoms with Crippen LogP contribution in [0.25, 0.3) is 10.9 Å². The monoisotopic (exact) mass is 389 g/mol. The molecule has 0 spiro atoms. The van der Waals surface area contributed by atoms with Crippen molar-refractivity contribution in [2.45, 2.75) is 30.3 Å². The van der Waals surface area contributed by atoms with Gasteiger partial charge >= 0.3 is 0 Å². The van der Waals surface area contributed by atoms with Gasteiger partial charge in [-0.25, -0.2) is 27.2 Å². The topological polar surface area (TPSA) is 63.2 Å². The molecule has 0 atom stereocenters. The first kappa shape index (κ1) is 17.8. The molecule has 1 aliphatic carbocycles. The van der Waals surface area contributed by atoms with E-state index in [-0.39, 0.29) is 23.0 Å². The van der Waals surface area contributed by atoms with Crippen LogP contribution in [0.2, 0.25) is 0 Å². The van der Waals surface area contributed by atoms with Crippen LogP contribution < -0.4 is 4.90 Å². The molecule has 2 aromatic carbocycles. The van der Waals surface area contributed by atoms with Gasteiger partial charge in [-0.1, -0.05) is 6.07 Å². The quantitative estimate of drug-likeness (QED) is 0.669. The molecule has 0 N–H and O–H groups in total. The second kappa shape index (κ2) is 6.53. The molecule has 0 radical (unpaired) electrons. The molecule has 1 saturated carbocycles. The molecule has 8 heteroatoms. The number of hydrogen-bond acceptors (Lipinski definition) is 5. The van der Waals surface area contributed by atoms with Gasteiger partial charge in [-0.2, -0.15) is 0 Å². The van der Waals surface area contributed by atoms with E-state index in [0.29, 0.717) is 16.7 Å². The van der Waals surface area contributed by atoms with Crippen LogP contribution in [0.1, 0.15) is 18.4 Å². The number of aromatic nitrogens is 2. The van der Waals surface area contributed by atoms with Crippen molar-refractivity contribution in [2.24, 2.45) is 0 Å². The number of fused-ring (bicyclic) bond motifs is 1. The van der Waals surface area contributed by atoms with E-state index in [2.05, 4.69) is 9.97 Å². The molecule has 1 aliphatic rings. The Morgan fingerprint density at radius 2 is 1.81 bits per heavy atom. The van der Waals surface area contributed by atoms with Crippen molar-refractivity contribution in [3.05, 3.63) is 59.9 Å². The highest BCUT2D eigenvalue weighted by molar-refractivity contribution is 7.90. The lowest BCUT2D eigenvalue weighted by atomic mass is 10.1. The zero-order valence-electron chi connectivity index (χ0n) is 14.6. The van der Waals surface area contributed by atoms with E-state index in [9.17, 15) is 17.2 Å². The lowest BCUT2D eigenvalue weighted by Gasteiger charge is -2.25. The predicted octanol–water partition coefficient (Wildman–Crippen LogP) is 3.48. The van der Waals surface area contributed by atoms with Gasteiger partial charge < -0.3 is 4.90 Å². The number of nitrogens with zero attached hydrogens (tertiary/aromatic N) is 3. The van der Waals surface area contributed by atoms with Crippen LogP contribution in [0.3, 0.4) is 0 Å². The first-order chi connectivity index (χ1) is 12.8. The highest BCUT2D eigenvalue weighted by Crippen LogP contribution is 2.36. The van der Waals surface area contributed by atoms with Gasteiger partial charge in [0.1, 0.15) is 23.8 Å². The predicted molar refractivity (Wildman–Crippen MR) is 98.2 cm³/mol. The summed E-state index contributed by atoms with van der Waals surface area (Å²) in [4.78, 5) is 10.5. The van der Waals surface area contributed by atoms with E-state index in [0.717, 1.165) is 19.1 Å². The molecule has 5 nitrogen and oxygen atoms in total. The van der Waals surface area contributed by atoms with E-state index < -0.39 is 21.5 Å². The smallest absolute Gasteiger partial charge is 0.175 e. The zero-order chi connectivity index (χ0) is 19.2. The van der Waals surface area contributed by atoms with Gasteiger partial charge in [0.15, 0.2) is 9.84 Å². The molecule has 27 heavy (non-hydrogen) atoms. The van der Waals surface area contributed by atoms with E-state index >= 15 is 0 Å². The number of rotatable bonds is 5. The van der Waals surface area contributed by atoms with Crippen LogP contribution in [-0.4, -0.2) is 30.7 Å². The van der Waals surface area contributed by atoms with Crippen molar-refractivity contribution in [3.63, 3.8) is 0 Å². The molecule has 0 bridgehead atoms. The molecule has 4 rings (SSSR count). The Morgan fingerprint density at radius 3 is 2.44 bits per heavy atom. The van der Waals surface area contributed by atoms with Crippen molar-refractivity contribution in [2.75, 3.05) is 11.2 Å². The number of hydrogen-bond donors (Lipinski definition) is 0. The van der Waals surface area contributed by atoms with E-state index in [1.807, 2.05) is 4.90 Å². The molecule has 1 aromatic heterocycles. The minimum atomic E-state index is -3.41. The van der Waals surface area contributed by atoms with Crippen LogP contribution in [0.5, 0.6) is 0 Å². The number of sulfone groups is 1. The van der Waals surface area contributed by atoms with Crippen LogP contribution in [0, 0.1) is 11.6 Å². The molecule has 0 saturated heterocycles. The van der Waals surface area contributed by atoms with Crippen molar-refractivity contribution < 1.29 is 17.2 Å². The maximum absolute atomic E-state index is 14.2. The van der Waals surface area contributed by atoms with E-state index in [4.69, 9.17) is 0 Å². The number of benzene rings is 2. The van der Waals surface area contributed by atoms with Gasteiger partial charge in [-0.3, -0.25) is 0 Å². The maximum atomic E-state index is 14.2. The summed E-state index contributed by atoms with van der Waals surface area (Å²) in [6, 6.07) is 8.51. The Bertz CT molecular complexity index is 1110. The Hall–Kier alpha value is -2.61. The van der Waals surface area contributed by atoms with E-state index in [1.54, 1.807) is 6.07 Å². The summed E-state index contributed by atoms with van der Waals surface area (Å²) in [6.07, 6.45) is 4.27. The molecular weight excluding hydrogens is 372 g/mol. The Labute approximate surface area is 155 Å². The first-order valence-electron chi connectivity index (χ1n) is 8.49. The summed E-state index contributed by atoms with van der Waals surface area (Å²) < 4.78 is 52.2. The minimum Gasteiger partial charge on any atom is -0.348 e. The Balaban J connectivity index is 1.85. The van der Waals surface area contributed by atoms with Crippen molar-refractivity contribution in [3.8, 4) is 0 Å². The van der Waals surface area contributed by atoms with Crippen molar-refractivity contribution in [1.82, 2.24) is 9.97 Å². The molecular formula is C19H17F2N3O2S. The SMILES string of the molecule is CS(=O)(=O)c1ccc2ncnc(N(Cc3c(F)cccc3F)C3CC3)c2c1. The molecule has 3 aromatic rings. The van der Waals surface area contributed by atoms with Gasteiger partial charge in [-0.05, 0) is 43.2 Å². The van der Waals surface area contributed by atoms with Gasteiger partial charge in [-0.15, -0.1) is 0 Å². The third-order valence-electron chi connectivity index (χ3n) is 4.66. The Morgan fingerprint density at radius 1 is 1.11 bits per heavy atom. The van der Waals surface area contributed by atoms with Gasteiger partial charge in [0.2, 0.25) is 0 Å². The van der Waals surface area contributed by atoms with Crippen LogP contribution in [-0.2, 0) is 16.4 Å². The second-order valence-electron chi connectivity index (χ2n) is 6.71. The summed E-state index contributed by atoms with van der Waals surface area (Å²) in [5, 5.41) is 0.545. The zero-order valence-corrected chi connectivity index (χ0v) is 15.4. The van der Waals surface area contributed by atoms with Crippen LogP contribution in [0.4, 0.5) is 14.6 Å². The molecule has 0 unspecified atom stereocenters. The molecule has 0 aliphatic heterocycles. The molecule has 140 valence electrons. The first-order valence-corrected chi connectivity index (χ1v) is 10.4. The summed E-state index contributed by atoms with van der Waals surface area (Å²) in [7, 11) is -3.41. The average molecular weight is 389 g/mol. The third-order valence-corrected chi connectivity index (χ3v) is 5.77. The summed E-state index contributed by atoms with van der Waals surface area (Å²) in [5.74, 6) is -0.748. The Kier molecular flexibility index (Phi) is 4.30. The van der Waals surface area contributed by atoms with Crippen LogP contribution in [0.15, 0.2) is 47.6 Å². The minimum absolute atomic E-state index is 0.0123. The third kappa shape index (κ3) is 3.49. The van der Waals surface area contributed by atoms with Gasteiger partial charge in [0.05, 0.1) is 17.0 Å². The maximum Gasteiger partial charge on any atom is 0.175 e. The highest BCUT2D eigenvalue weighted by Gasteiger charge is 2.32.